The minimum atomic E-state index is -4.11. The van der Waals surface area contributed by atoms with Crippen LogP contribution in [0.5, 0.6) is 11.5 Å². The van der Waals surface area contributed by atoms with Crippen LogP contribution >= 0.6 is 27.7 Å². The molecule has 1 aliphatic heterocycles. The van der Waals surface area contributed by atoms with Crippen LogP contribution in [0.15, 0.2) is 110 Å². The summed E-state index contributed by atoms with van der Waals surface area (Å²) in [6.07, 6.45) is 1.73. The van der Waals surface area contributed by atoms with Crippen LogP contribution in [0.25, 0.3) is 6.08 Å². The van der Waals surface area contributed by atoms with E-state index < -0.39 is 10.1 Å². The van der Waals surface area contributed by atoms with Crippen molar-refractivity contribution < 1.29 is 22.1 Å². The number of hydrogen-bond donors (Lipinski definition) is 0. The molecule has 42 heavy (non-hydrogen) atoms. The molecule has 0 N–H and O–H groups in total. The van der Waals surface area contributed by atoms with Gasteiger partial charge in [0.05, 0.1) is 27.4 Å². The number of halogens is 1. The maximum Gasteiger partial charge on any atom is 0.339 e. The zero-order valence-corrected chi connectivity index (χ0v) is 26.3. The van der Waals surface area contributed by atoms with E-state index in [0.29, 0.717) is 25.8 Å². The SMILES string of the molecule is CCOc1cc(/C=C2\SC(=Nc3ccc(C)cc3)N(c3ccc(C)cc3)C2=O)cc(Br)c1OS(=O)(=O)c1ccccc1. The smallest absolute Gasteiger partial charge is 0.339 e. The van der Waals surface area contributed by atoms with Gasteiger partial charge in [0.25, 0.3) is 5.91 Å². The minimum absolute atomic E-state index is 0.0232. The van der Waals surface area contributed by atoms with Crippen molar-refractivity contribution in [2.24, 2.45) is 4.99 Å². The van der Waals surface area contributed by atoms with Gasteiger partial charge >= 0.3 is 10.1 Å². The summed E-state index contributed by atoms with van der Waals surface area (Å²) in [6.45, 7) is 6.06. The summed E-state index contributed by atoms with van der Waals surface area (Å²) in [7, 11) is -4.11. The molecule has 214 valence electrons. The number of rotatable bonds is 8. The van der Waals surface area contributed by atoms with Gasteiger partial charge in [-0.1, -0.05) is 53.6 Å². The number of carbonyl (C=O) groups excluding carboxylic acids is 1. The van der Waals surface area contributed by atoms with E-state index in [-0.39, 0.29) is 28.9 Å². The summed E-state index contributed by atoms with van der Waals surface area (Å²) < 4.78 is 37.5. The van der Waals surface area contributed by atoms with Gasteiger partial charge in [-0.25, -0.2) is 4.99 Å². The molecule has 0 saturated carbocycles. The number of nitrogens with zero attached hydrogens (tertiary/aromatic N) is 2. The van der Waals surface area contributed by atoms with Crippen LogP contribution in [0.3, 0.4) is 0 Å². The highest BCUT2D eigenvalue weighted by molar-refractivity contribution is 9.10. The molecule has 1 aliphatic rings. The Morgan fingerprint density at radius 1 is 0.929 bits per heavy atom. The van der Waals surface area contributed by atoms with Crippen molar-refractivity contribution >= 4 is 66.3 Å². The normalized spacial score (nSPS) is 15.4. The van der Waals surface area contributed by atoms with E-state index >= 15 is 0 Å². The molecule has 4 aromatic carbocycles. The number of amidine groups is 1. The fourth-order valence-electron chi connectivity index (χ4n) is 4.11. The lowest BCUT2D eigenvalue weighted by molar-refractivity contribution is -0.113. The van der Waals surface area contributed by atoms with E-state index in [1.54, 1.807) is 48.2 Å². The third kappa shape index (κ3) is 6.61. The molecule has 1 amide bonds. The average molecular weight is 664 g/mol. The summed E-state index contributed by atoms with van der Waals surface area (Å²) in [5, 5.41) is 0.525. The van der Waals surface area contributed by atoms with E-state index in [2.05, 4.69) is 15.9 Å². The molecule has 1 saturated heterocycles. The molecule has 1 heterocycles. The van der Waals surface area contributed by atoms with Crippen LogP contribution in [-0.4, -0.2) is 26.1 Å². The van der Waals surface area contributed by atoms with Crippen molar-refractivity contribution in [3.05, 3.63) is 117 Å². The van der Waals surface area contributed by atoms with Crippen LogP contribution in [-0.2, 0) is 14.9 Å². The molecular formula is C32H27BrN2O5S2. The molecule has 0 bridgehead atoms. The Balaban J connectivity index is 1.53. The molecule has 1 fully saturated rings. The second-order valence-electron chi connectivity index (χ2n) is 9.43. The topological polar surface area (TPSA) is 85.3 Å². The van der Waals surface area contributed by atoms with Crippen LogP contribution in [0, 0.1) is 13.8 Å². The standard InChI is InChI=1S/C32H27BrN2O5S2/c1-4-39-28-19-23(18-27(33)30(28)40-42(37,38)26-8-6-5-7-9-26)20-29-31(36)35(25-16-12-22(3)13-17-25)32(41-29)34-24-14-10-21(2)11-15-24/h5-20H,4H2,1-3H3/b29-20-,34-32?. The first-order valence-electron chi connectivity index (χ1n) is 13.1. The summed E-state index contributed by atoms with van der Waals surface area (Å²) in [5.74, 6) is 0.0181. The van der Waals surface area contributed by atoms with Gasteiger partial charge in [0.1, 0.15) is 4.90 Å². The van der Waals surface area contributed by atoms with Gasteiger partial charge in [-0.2, -0.15) is 8.42 Å². The van der Waals surface area contributed by atoms with Crippen LogP contribution in [0.4, 0.5) is 11.4 Å². The maximum absolute atomic E-state index is 13.8. The fraction of sp³-hybridized carbons (Fsp3) is 0.125. The number of amides is 1. The molecule has 5 rings (SSSR count). The highest BCUT2D eigenvalue weighted by Crippen LogP contribution is 2.42. The average Bonchev–Trinajstić information content (AvgIpc) is 3.27. The van der Waals surface area contributed by atoms with Crippen LogP contribution < -0.4 is 13.8 Å². The molecule has 0 aromatic heterocycles. The van der Waals surface area contributed by atoms with E-state index in [9.17, 15) is 13.2 Å². The zero-order valence-electron chi connectivity index (χ0n) is 23.1. The maximum atomic E-state index is 13.8. The number of hydrogen-bond acceptors (Lipinski definition) is 7. The van der Waals surface area contributed by atoms with E-state index in [1.165, 1.54) is 23.9 Å². The van der Waals surface area contributed by atoms with Crippen LogP contribution in [0.2, 0.25) is 0 Å². The van der Waals surface area contributed by atoms with Gasteiger partial charge in [-0.05, 0) is 109 Å². The molecule has 0 radical (unpaired) electrons. The predicted octanol–water partition coefficient (Wildman–Crippen LogP) is 8.04. The molecule has 0 atom stereocenters. The molecule has 10 heteroatoms. The Hall–Kier alpha value is -3.86. The third-order valence-corrected chi connectivity index (χ3v) is 9.01. The lowest BCUT2D eigenvalue weighted by Crippen LogP contribution is -2.28. The Kier molecular flexibility index (Phi) is 8.86. The van der Waals surface area contributed by atoms with Crippen molar-refractivity contribution in [3.63, 3.8) is 0 Å². The third-order valence-electron chi connectivity index (χ3n) is 6.21. The first-order chi connectivity index (χ1) is 20.1. The first-order valence-corrected chi connectivity index (χ1v) is 16.1. The molecule has 4 aromatic rings. The second-order valence-corrected chi connectivity index (χ2v) is 12.8. The van der Waals surface area contributed by atoms with E-state index in [4.69, 9.17) is 13.9 Å². The van der Waals surface area contributed by atoms with Crippen molar-refractivity contribution in [1.82, 2.24) is 0 Å². The zero-order chi connectivity index (χ0) is 29.9. The number of anilines is 1. The first kappa shape index (κ1) is 29.6. The van der Waals surface area contributed by atoms with Crippen molar-refractivity contribution in [3.8, 4) is 11.5 Å². The fourth-order valence-corrected chi connectivity index (χ4v) is 6.74. The van der Waals surface area contributed by atoms with E-state index in [1.807, 2.05) is 62.4 Å². The van der Waals surface area contributed by atoms with Crippen LogP contribution in [0.1, 0.15) is 23.6 Å². The number of ether oxygens (including phenoxy) is 1. The van der Waals surface area contributed by atoms with Crippen molar-refractivity contribution in [2.45, 2.75) is 25.7 Å². The quantitative estimate of drug-likeness (QED) is 0.140. The number of benzene rings is 4. The lowest BCUT2D eigenvalue weighted by Gasteiger charge is -2.16. The van der Waals surface area contributed by atoms with Gasteiger partial charge in [-0.15, -0.1) is 0 Å². The van der Waals surface area contributed by atoms with Gasteiger partial charge in [0.15, 0.2) is 16.7 Å². The highest BCUT2D eigenvalue weighted by Gasteiger charge is 2.35. The summed E-state index contributed by atoms with van der Waals surface area (Å²) in [6, 6.07) is 26.7. The minimum Gasteiger partial charge on any atom is -0.490 e. The molecule has 0 unspecified atom stereocenters. The van der Waals surface area contributed by atoms with Crippen molar-refractivity contribution in [2.75, 3.05) is 11.5 Å². The summed E-state index contributed by atoms with van der Waals surface area (Å²) in [4.78, 5) is 20.6. The predicted molar refractivity (Wildman–Crippen MR) is 172 cm³/mol. The molecule has 0 aliphatic carbocycles. The van der Waals surface area contributed by atoms with Gasteiger partial charge in [0.2, 0.25) is 0 Å². The Morgan fingerprint density at radius 3 is 2.21 bits per heavy atom. The Bertz CT molecular complexity index is 1790. The number of aryl methyl sites for hydroxylation is 2. The lowest BCUT2D eigenvalue weighted by atomic mass is 10.1. The van der Waals surface area contributed by atoms with Gasteiger partial charge in [-0.3, -0.25) is 9.69 Å². The molecule has 0 spiro atoms. The monoisotopic (exact) mass is 662 g/mol. The second kappa shape index (κ2) is 12.6. The molecule has 7 nitrogen and oxygen atoms in total. The number of carbonyl (C=O) groups is 1. The van der Waals surface area contributed by atoms with Gasteiger partial charge < -0.3 is 8.92 Å². The highest BCUT2D eigenvalue weighted by atomic mass is 79.9. The van der Waals surface area contributed by atoms with E-state index in [0.717, 1.165) is 16.8 Å². The number of aliphatic imine (C=N–C) groups is 1. The Morgan fingerprint density at radius 2 is 1.57 bits per heavy atom. The van der Waals surface area contributed by atoms with Crippen molar-refractivity contribution in [1.29, 1.82) is 0 Å². The number of thioether (sulfide) groups is 1. The summed E-state index contributed by atoms with van der Waals surface area (Å²) >= 11 is 4.71. The Labute approximate surface area is 258 Å². The van der Waals surface area contributed by atoms with Gasteiger partial charge in [0, 0.05) is 0 Å². The molecular weight excluding hydrogens is 636 g/mol. The summed E-state index contributed by atoms with van der Waals surface area (Å²) in [5.41, 5.74) is 4.25. The largest absolute Gasteiger partial charge is 0.490 e.